The van der Waals surface area contributed by atoms with Gasteiger partial charge in [-0.3, -0.25) is 4.79 Å². The molecule has 0 bridgehead atoms. The van der Waals surface area contributed by atoms with Crippen molar-refractivity contribution in [3.05, 3.63) is 35.9 Å². The molecule has 0 radical (unpaired) electrons. The number of Topliss-reactive ketones (excluding diaryl/α,β-unsaturated/α-hetero) is 1. The highest BCUT2D eigenvalue weighted by atomic mass is 16.4. The van der Waals surface area contributed by atoms with Crippen LogP contribution in [0.2, 0.25) is 0 Å². The number of nitrogens with zero attached hydrogens (tertiary/aromatic N) is 1. The number of ketones is 1. The van der Waals surface area contributed by atoms with Crippen LogP contribution >= 0.6 is 0 Å². The SMILES string of the molecule is O=C(c1ccccc1)C1CCCC/C1=N\O. The number of carbonyl (C=O) groups is 1. The van der Waals surface area contributed by atoms with E-state index < -0.39 is 0 Å². The van der Waals surface area contributed by atoms with Crippen molar-refractivity contribution in [3.8, 4) is 0 Å². The summed E-state index contributed by atoms with van der Waals surface area (Å²) in [5.41, 5.74) is 1.34. The molecule has 0 amide bonds. The summed E-state index contributed by atoms with van der Waals surface area (Å²) in [6.45, 7) is 0. The lowest BCUT2D eigenvalue weighted by Crippen LogP contribution is -2.27. The molecule has 3 nitrogen and oxygen atoms in total. The van der Waals surface area contributed by atoms with Crippen LogP contribution in [0.3, 0.4) is 0 Å². The Morgan fingerprint density at radius 2 is 2.00 bits per heavy atom. The highest BCUT2D eigenvalue weighted by Gasteiger charge is 2.28. The van der Waals surface area contributed by atoms with Crippen molar-refractivity contribution < 1.29 is 10.0 Å². The minimum atomic E-state index is -0.221. The minimum Gasteiger partial charge on any atom is -0.411 e. The lowest BCUT2D eigenvalue weighted by molar-refractivity contribution is 0.0941. The Kier molecular flexibility index (Phi) is 3.34. The summed E-state index contributed by atoms with van der Waals surface area (Å²) in [6, 6.07) is 9.22. The molecule has 1 fully saturated rings. The Balaban J connectivity index is 2.21. The van der Waals surface area contributed by atoms with Crippen LogP contribution in [0.15, 0.2) is 35.5 Å². The lowest BCUT2D eigenvalue weighted by Gasteiger charge is -2.21. The average Bonchev–Trinajstić information content (AvgIpc) is 2.39. The molecule has 1 saturated carbocycles. The summed E-state index contributed by atoms with van der Waals surface area (Å²) in [4.78, 5) is 12.2. The number of rotatable bonds is 2. The molecule has 0 saturated heterocycles. The molecule has 1 atom stereocenters. The van der Waals surface area contributed by atoms with E-state index in [0.29, 0.717) is 11.3 Å². The van der Waals surface area contributed by atoms with E-state index in [0.717, 1.165) is 25.7 Å². The number of carbonyl (C=O) groups excluding carboxylic acids is 1. The van der Waals surface area contributed by atoms with Gasteiger partial charge in [0.15, 0.2) is 5.78 Å². The van der Waals surface area contributed by atoms with E-state index >= 15 is 0 Å². The van der Waals surface area contributed by atoms with Gasteiger partial charge in [0.2, 0.25) is 0 Å². The van der Waals surface area contributed by atoms with Crippen LogP contribution in [-0.4, -0.2) is 16.7 Å². The van der Waals surface area contributed by atoms with Gasteiger partial charge in [-0.1, -0.05) is 41.9 Å². The first-order valence-electron chi connectivity index (χ1n) is 5.63. The van der Waals surface area contributed by atoms with Gasteiger partial charge in [0.25, 0.3) is 0 Å². The molecule has 0 aromatic heterocycles. The maximum atomic E-state index is 12.2. The van der Waals surface area contributed by atoms with Crippen molar-refractivity contribution in [2.75, 3.05) is 0 Å². The summed E-state index contributed by atoms with van der Waals surface area (Å²) in [7, 11) is 0. The first kappa shape index (κ1) is 10.9. The molecule has 1 aromatic carbocycles. The Labute approximate surface area is 94.8 Å². The van der Waals surface area contributed by atoms with E-state index in [1.165, 1.54) is 0 Å². The second-order valence-corrected chi connectivity index (χ2v) is 4.12. The van der Waals surface area contributed by atoms with Crippen LogP contribution in [0.1, 0.15) is 36.0 Å². The molecule has 1 aliphatic carbocycles. The van der Waals surface area contributed by atoms with Gasteiger partial charge in [-0.15, -0.1) is 0 Å². The van der Waals surface area contributed by atoms with Crippen LogP contribution in [0.25, 0.3) is 0 Å². The maximum absolute atomic E-state index is 12.2. The van der Waals surface area contributed by atoms with E-state index in [-0.39, 0.29) is 11.7 Å². The van der Waals surface area contributed by atoms with E-state index in [1.54, 1.807) is 0 Å². The van der Waals surface area contributed by atoms with Crippen LogP contribution in [-0.2, 0) is 0 Å². The van der Waals surface area contributed by atoms with Crippen LogP contribution in [0.4, 0.5) is 0 Å². The van der Waals surface area contributed by atoms with E-state index in [2.05, 4.69) is 5.16 Å². The topological polar surface area (TPSA) is 49.7 Å². The van der Waals surface area contributed by atoms with Crippen molar-refractivity contribution in [1.82, 2.24) is 0 Å². The second-order valence-electron chi connectivity index (χ2n) is 4.12. The maximum Gasteiger partial charge on any atom is 0.171 e. The molecule has 1 N–H and O–H groups in total. The van der Waals surface area contributed by atoms with Crippen molar-refractivity contribution in [2.24, 2.45) is 11.1 Å². The van der Waals surface area contributed by atoms with Crippen LogP contribution in [0.5, 0.6) is 0 Å². The van der Waals surface area contributed by atoms with Gasteiger partial charge >= 0.3 is 0 Å². The summed E-state index contributed by atoms with van der Waals surface area (Å²) in [5, 5.41) is 12.2. The first-order chi connectivity index (χ1) is 7.83. The zero-order valence-corrected chi connectivity index (χ0v) is 9.10. The smallest absolute Gasteiger partial charge is 0.171 e. The fourth-order valence-electron chi connectivity index (χ4n) is 2.20. The number of oxime groups is 1. The molecule has 1 unspecified atom stereocenters. The number of hydrogen-bond acceptors (Lipinski definition) is 3. The third kappa shape index (κ3) is 2.13. The van der Waals surface area contributed by atoms with E-state index in [9.17, 15) is 4.79 Å². The number of hydrogen-bond donors (Lipinski definition) is 1. The summed E-state index contributed by atoms with van der Waals surface area (Å²) < 4.78 is 0. The summed E-state index contributed by atoms with van der Waals surface area (Å²) in [5.74, 6) is -0.144. The third-order valence-electron chi connectivity index (χ3n) is 3.08. The Bertz CT molecular complexity index is 398. The molecule has 0 spiro atoms. The van der Waals surface area contributed by atoms with Gasteiger partial charge in [0, 0.05) is 5.56 Å². The van der Waals surface area contributed by atoms with Crippen molar-refractivity contribution >= 4 is 11.5 Å². The lowest BCUT2D eigenvalue weighted by atomic mass is 9.82. The standard InChI is InChI=1S/C13H15NO2/c15-13(10-6-2-1-3-7-10)11-8-4-5-9-12(11)14-16/h1-3,6-7,11,16H,4-5,8-9H2/b14-12+. The van der Waals surface area contributed by atoms with Crippen LogP contribution in [0, 0.1) is 5.92 Å². The summed E-state index contributed by atoms with van der Waals surface area (Å²) >= 11 is 0. The molecular weight excluding hydrogens is 202 g/mol. The van der Waals surface area contributed by atoms with Gasteiger partial charge in [0.1, 0.15) is 0 Å². The number of benzene rings is 1. The normalized spacial score (nSPS) is 23.2. The van der Waals surface area contributed by atoms with Crippen molar-refractivity contribution in [3.63, 3.8) is 0 Å². The Morgan fingerprint density at radius 3 is 2.69 bits per heavy atom. The van der Waals surface area contributed by atoms with Gasteiger partial charge in [0.05, 0.1) is 11.6 Å². The first-order valence-corrected chi connectivity index (χ1v) is 5.63. The summed E-state index contributed by atoms with van der Waals surface area (Å²) in [6.07, 6.45) is 3.58. The molecule has 2 rings (SSSR count). The Hall–Kier alpha value is -1.64. The fourth-order valence-corrected chi connectivity index (χ4v) is 2.20. The average molecular weight is 217 g/mol. The second kappa shape index (κ2) is 4.92. The molecule has 1 aliphatic rings. The molecule has 0 aliphatic heterocycles. The Morgan fingerprint density at radius 1 is 1.25 bits per heavy atom. The van der Waals surface area contributed by atoms with Gasteiger partial charge < -0.3 is 5.21 Å². The molecule has 16 heavy (non-hydrogen) atoms. The molecule has 3 heteroatoms. The largest absolute Gasteiger partial charge is 0.411 e. The van der Waals surface area contributed by atoms with Crippen molar-refractivity contribution in [1.29, 1.82) is 0 Å². The molecule has 1 aromatic rings. The predicted molar refractivity (Wildman–Crippen MR) is 62.0 cm³/mol. The van der Waals surface area contributed by atoms with Crippen molar-refractivity contribution in [2.45, 2.75) is 25.7 Å². The van der Waals surface area contributed by atoms with Crippen LogP contribution < -0.4 is 0 Å². The quantitative estimate of drug-likeness (QED) is 0.470. The molecular formula is C13H15NO2. The van der Waals surface area contributed by atoms with Gasteiger partial charge in [-0.05, 0) is 19.3 Å². The highest BCUT2D eigenvalue weighted by molar-refractivity contribution is 6.12. The molecule has 0 heterocycles. The zero-order valence-electron chi connectivity index (χ0n) is 9.10. The minimum absolute atomic E-state index is 0.0769. The predicted octanol–water partition coefficient (Wildman–Crippen LogP) is 2.89. The fraction of sp³-hybridized carbons (Fsp3) is 0.385. The van der Waals surface area contributed by atoms with Gasteiger partial charge in [-0.2, -0.15) is 0 Å². The third-order valence-corrected chi connectivity index (χ3v) is 3.08. The molecule has 84 valence electrons. The zero-order chi connectivity index (χ0) is 11.4. The highest BCUT2D eigenvalue weighted by Crippen LogP contribution is 2.25. The van der Waals surface area contributed by atoms with E-state index in [1.807, 2.05) is 30.3 Å². The van der Waals surface area contributed by atoms with E-state index in [4.69, 9.17) is 5.21 Å². The van der Waals surface area contributed by atoms with Gasteiger partial charge in [-0.25, -0.2) is 0 Å². The monoisotopic (exact) mass is 217 g/mol.